The Bertz CT molecular complexity index is 1140. The standard InChI is InChI=1S/C35H46O4Si/c1-8-31(36-25-28-19-13-10-14-20-28)33(37-26-29-21-15-11-16-22-29)34(38-27-30-23-17-12-18-24-30)32(9-2)39-40(6,7)35(3,4)5/h8-24,31-34H,1-2,25-27H2,3-7H3/t31-,32+,33+,34+/m0/s1. The summed E-state index contributed by atoms with van der Waals surface area (Å²) < 4.78 is 26.7. The Morgan fingerprint density at radius 2 is 0.950 bits per heavy atom. The molecular formula is C35H46O4Si. The molecule has 3 rings (SSSR count). The summed E-state index contributed by atoms with van der Waals surface area (Å²) in [5.74, 6) is 0. The van der Waals surface area contributed by atoms with Crippen molar-refractivity contribution in [3.8, 4) is 0 Å². The molecule has 0 spiro atoms. The summed E-state index contributed by atoms with van der Waals surface area (Å²) in [4.78, 5) is 0. The van der Waals surface area contributed by atoms with Crippen LogP contribution in [0.3, 0.4) is 0 Å². The van der Waals surface area contributed by atoms with Gasteiger partial charge in [0.1, 0.15) is 18.3 Å². The van der Waals surface area contributed by atoms with E-state index >= 15 is 0 Å². The number of hydrogen-bond donors (Lipinski definition) is 0. The molecule has 0 bridgehead atoms. The second kappa shape index (κ2) is 15.3. The topological polar surface area (TPSA) is 36.9 Å². The van der Waals surface area contributed by atoms with E-state index in [0.29, 0.717) is 19.8 Å². The fraction of sp³-hybridized carbons (Fsp3) is 0.371. The van der Waals surface area contributed by atoms with Gasteiger partial charge in [-0.3, -0.25) is 0 Å². The van der Waals surface area contributed by atoms with E-state index in [2.05, 4.69) is 83.4 Å². The van der Waals surface area contributed by atoms with E-state index in [1.807, 2.05) is 66.7 Å². The van der Waals surface area contributed by atoms with Gasteiger partial charge in [-0.25, -0.2) is 0 Å². The van der Waals surface area contributed by atoms with Gasteiger partial charge in [0.25, 0.3) is 0 Å². The quantitative estimate of drug-likeness (QED) is 0.130. The summed E-state index contributed by atoms with van der Waals surface area (Å²) in [6, 6.07) is 30.4. The Balaban J connectivity index is 1.96. The van der Waals surface area contributed by atoms with Crippen molar-refractivity contribution in [2.24, 2.45) is 0 Å². The molecule has 0 aromatic heterocycles. The molecule has 4 nitrogen and oxygen atoms in total. The zero-order valence-electron chi connectivity index (χ0n) is 24.8. The van der Waals surface area contributed by atoms with Gasteiger partial charge in [-0.2, -0.15) is 0 Å². The Morgan fingerprint density at radius 3 is 1.30 bits per heavy atom. The van der Waals surface area contributed by atoms with Crippen molar-refractivity contribution in [1.29, 1.82) is 0 Å². The van der Waals surface area contributed by atoms with Crippen LogP contribution in [0.25, 0.3) is 0 Å². The third-order valence-corrected chi connectivity index (χ3v) is 12.0. The smallest absolute Gasteiger partial charge is 0.193 e. The summed E-state index contributed by atoms with van der Waals surface area (Å²) >= 11 is 0. The second-order valence-electron chi connectivity index (χ2n) is 11.6. The first-order valence-electron chi connectivity index (χ1n) is 14.0. The molecular weight excluding hydrogens is 512 g/mol. The Hall–Kier alpha value is -2.80. The number of rotatable bonds is 16. The molecule has 0 saturated carbocycles. The molecule has 0 heterocycles. The van der Waals surface area contributed by atoms with Crippen LogP contribution in [-0.4, -0.2) is 32.7 Å². The molecule has 0 saturated heterocycles. The van der Waals surface area contributed by atoms with Crippen molar-refractivity contribution in [2.75, 3.05) is 0 Å². The fourth-order valence-corrected chi connectivity index (χ4v) is 5.38. The molecule has 0 N–H and O–H groups in total. The van der Waals surface area contributed by atoms with Gasteiger partial charge in [-0.15, -0.1) is 13.2 Å². The number of ether oxygens (including phenoxy) is 3. The van der Waals surface area contributed by atoms with Crippen LogP contribution < -0.4 is 0 Å². The maximum Gasteiger partial charge on any atom is 0.193 e. The average molecular weight is 559 g/mol. The van der Waals surface area contributed by atoms with Crippen molar-refractivity contribution in [3.05, 3.63) is 133 Å². The molecule has 0 radical (unpaired) electrons. The molecule has 3 aromatic rings. The van der Waals surface area contributed by atoms with E-state index < -0.39 is 32.7 Å². The van der Waals surface area contributed by atoms with E-state index in [-0.39, 0.29) is 5.04 Å². The molecule has 4 atom stereocenters. The lowest BCUT2D eigenvalue weighted by molar-refractivity contribution is -0.159. The molecule has 40 heavy (non-hydrogen) atoms. The van der Waals surface area contributed by atoms with E-state index in [0.717, 1.165) is 16.7 Å². The van der Waals surface area contributed by atoms with Crippen molar-refractivity contribution in [3.63, 3.8) is 0 Å². The molecule has 0 amide bonds. The molecule has 0 fully saturated rings. The third kappa shape index (κ3) is 9.39. The van der Waals surface area contributed by atoms with Crippen molar-refractivity contribution < 1.29 is 18.6 Å². The van der Waals surface area contributed by atoms with Gasteiger partial charge in [-0.1, -0.05) is 124 Å². The lowest BCUT2D eigenvalue weighted by Gasteiger charge is -2.42. The van der Waals surface area contributed by atoms with Crippen molar-refractivity contribution in [1.82, 2.24) is 0 Å². The normalized spacial score (nSPS) is 15.1. The van der Waals surface area contributed by atoms with Crippen LogP contribution >= 0.6 is 0 Å². The van der Waals surface area contributed by atoms with Crippen LogP contribution in [0.4, 0.5) is 0 Å². The lowest BCUT2D eigenvalue weighted by Crippen LogP contribution is -2.53. The minimum absolute atomic E-state index is 0.0142. The Labute approximate surface area is 242 Å². The first kappa shape index (κ1) is 31.7. The van der Waals surface area contributed by atoms with Crippen LogP contribution in [0, 0.1) is 0 Å². The van der Waals surface area contributed by atoms with E-state index in [4.69, 9.17) is 18.6 Å². The predicted molar refractivity (Wildman–Crippen MR) is 168 cm³/mol. The van der Waals surface area contributed by atoms with E-state index in [1.165, 1.54) is 0 Å². The average Bonchev–Trinajstić information content (AvgIpc) is 2.95. The zero-order valence-corrected chi connectivity index (χ0v) is 25.8. The maximum absolute atomic E-state index is 6.92. The molecule has 0 unspecified atom stereocenters. The second-order valence-corrected chi connectivity index (χ2v) is 16.4. The largest absolute Gasteiger partial charge is 0.408 e. The lowest BCUT2D eigenvalue weighted by atomic mass is 10.0. The van der Waals surface area contributed by atoms with Gasteiger partial charge in [0.2, 0.25) is 0 Å². The third-order valence-electron chi connectivity index (χ3n) is 7.53. The van der Waals surface area contributed by atoms with E-state index in [1.54, 1.807) is 0 Å². The van der Waals surface area contributed by atoms with Crippen LogP contribution in [0.15, 0.2) is 116 Å². The molecule has 0 aliphatic carbocycles. The Morgan fingerprint density at radius 1 is 0.600 bits per heavy atom. The summed E-state index contributed by atoms with van der Waals surface area (Å²) in [6.45, 7) is 20.7. The minimum atomic E-state index is -2.18. The molecule has 3 aromatic carbocycles. The SMILES string of the molecule is C=C[C@H](OCc1ccccc1)[C@@H](OCc1ccccc1)[C@H](OCc1ccccc1)[C@@H](C=C)O[Si](C)(C)C(C)(C)C. The predicted octanol–water partition coefficient (Wildman–Crippen LogP) is 8.51. The van der Waals surface area contributed by atoms with Gasteiger partial charge >= 0.3 is 0 Å². The van der Waals surface area contributed by atoms with E-state index in [9.17, 15) is 0 Å². The minimum Gasteiger partial charge on any atom is -0.408 e. The summed E-state index contributed by atoms with van der Waals surface area (Å²) in [6.07, 6.45) is 1.81. The number of hydrogen-bond acceptors (Lipinski definition) is 4. The summed E-state index contributed by atoms with van der Waals surface area (Å²) in [5, 5.41) is 0.0142. The van der Waals surface area contributed by atoms with Gasteiger partial charge in [-0.05, 0) is 34.8 Å². The highest BCUT2D eigenvalue weighted by Gasteiger charge is 2.43. The molecule has 0 aliphatic rings. The monoisotopic (exact) mass is 558 g/mol. The first-order valence-corrected chi connectivity index (χ1v) is 16.9. The highest BCUT2D eigenvalue weighted by molar-refractivity contribution is 6.74. The van der Waals surface area contributed by atoms with Gasteiger partial charge < -0.3 is 18.6 Å². The van der Waals surface area contributed by atoms with Crippen LogP contribution in [0.1, 0.15) is 37.5 Å². The highest BCUT2D eigenvalue weighted by atomic mass is 28.4. The highest BCUT2D eigenvalue weighted by Crippen LogP contribution is 2.38. The molecule has 5 heteroatoms. The molecule has 214 valence electrons. The fourth-order valence-electron chi connectivity index (χ4n) is 4.12. The van der Waals surface area contributed by atoms with Crippen LogP contribution in [-0.2, 0) is 38.5 Å². The first-order chi connectivity index (χ1) is 19.1. The van der Waals surface area contributed by atoms with Crippen molar-refractivity contribution >= 4 is 8.32 Å². The molecule has 0 aliphatic heterocycles. The summed E-state index contributed by atoms with van der Waals surface area (Å²) in [5.41, 5.74) is 3.22. The van der Waals surface area contributed by atoms with Gasteiger partial charge in [0.15, 0.2) is 8.32 Å². The van der Waals surface area contributed by atoms with Crippen LogP contribution in [0.2, 0.25) is 18.1 Å². The van der Waals surface area contributed by atoms with Gasteiger partial charge in [0.05, 0.1) is 25.9 Å². The maximum atomic E-state index is 6.92. The van der Waals surface area contributed by atoms with Gasteiger partial charge in [0, 0.05) is 0 Å². The summed E-state index contributed by atoms with van der Waals surface area (Å²) in [7, 11) is -2.18. The number of benzene rings is 3. The Kier molecular flexibility index (Phi) is 12.1. The zero-order chi connectivity index (χ0) is 29.0. The van der Waals surface area contributed by atoms with Crippen LogP contribution in [0.5, 0.6) is 0 Å². The van der Waals surface area contributed by atoms with Crippen molar-refractivity contribution in [2.45, 2.75) is 83.1 Å².